The van der Waals surface area contributed by atoms with E-state index in [-0.39, 0.29) is 18.0 Å². The fourth-order valence-electron chi connectivity index (χ4n) is 2.58. The Balaban J connectivity index is 1.67. The van der Waals surface area contributed by atoms with E-state index in [9.17, 15) is 9.59 Å². The van der Waals surface area contributed by atoms with Crippen LogP contribution in [0.25, 0.3) is 11.1 Å². The first-order valence-corrected chi connectivity index (χ1v) is 9.53. The highest BCUT2D eigenvalue weighted by Gasteiger charge is 2.14. The standard InChI is InChI=1S/C21H21N3O2S/c1-14(2)22-21(26)24-17-10-8-16(9-11-17)23-20(25)19-18(12-13-27-19)15-6-4-3-5-7-15/h3-14H,1-2H3,(H,23,25)(H2,22,24,26). The summed E-state index contributed by atoms with van der Waals surface area (Å²) in [5.74, 6) is -0.151. The number of anilines is 2. The van der Waals surface area contributed by atoms with Crippen LogP contribution in [-0.4, -0.2) is 18.0 Å². The van der Waals surface area contributed by atoms with Crippen molar-refractivity contribution in [3.05, 3.63) is 70.9 Å². The first-order valence-electron chi connectivity index (χ1n) is 8.65. The van der Waals surface area contributed by atoms with Crippen molar-refractivity contribution in [3.8, 4) is 11.1 Å². The zero-order chi connectivity index (χ0) is 19.2. The Hall–Kier alpha value is -3.12. The summed E-state index contributed by atoms with van der Waals surface area (Å²) < 4.78 is 0. The minimum Gasteiger partial charge on any atom is -0.336 e. The summed E-state index contributed by atoms with van der Waals surface area (Å²) in [5, 5.41) is 10.3. The predicted molar refractivity (Wildman–Crippen MR) is 111 cm³/mol. The average molecular weight is 379 g/mol. The van der Waals surface area contributed by atoms with Crippen LogP contribution in [0.4, 0.5) is 16.2 Å². The van der Waals surface area contributed by atoms with Crippen molar-refractivity contribution in [2.75, 3.05) is 10.6 Å². The molecule has 3 aromatic rings. The lowest BCUT2D eigenvalue weighted by molar-refractivity contribution is 0.103. The number of amides is 3. The second-order valence-electron chi connectivity index (χ2n) is 6.31. The number of nitrogens with one attached hydrogen (secondary N) is 3. The van der Waals surface area contributed by atoms with Crippen LogP contribution in [0.1, 0.15) is 23.5 Å². The normalized spacial score (nSPS) is 10.5. The van der Waals surface area contributed by atoms with Gasteiger partial charge in [-0.25, -0.2) is 4.79 Å². The molecular formula is C21H21N3O2S. The zero-order valence-electron chi connectivity index (χ0n) is 15.2. The molecule has 0 atom stereocenters. The van der Waals surface area contributed by atoms with Gasteiger partial charge in [-0.2, -0.15) is 0 Å². The molecule has 0 aliphatic heterocycles. The third-order valence-electron chi connectivity index (χ3n) is 3.78. The molecule has 27 heavy (non-hydrogen) atoms. The van der Waals surface area contributed by atoms with E-state index < -0.39 is 0 Å². The molecule has 3 rings (SSSR count). The smallest absolute Gasteiger partial charge is 0.319 e. The van der Waals surface area contributed by atoms with Gasteiger partial charge in [0.1, 0.15) is 0 Å². The third kappa shape index (κ3) is 4.95. The predicted octanol–water partition coefficient (Wildman–Crippen LogP) is 5.20. The second kappa shape index (κ2) is 8.51. The van der Waals surface area contributed by atoms with Crippen LogP contribution in [0.2, 0.25) is 0 Å². The van der Waals surface area contributed by atoms with Gasteiger partial charge in [-0.3, -0.25) is 4.79 Å². The molecule has 3 amide bonds. The van der Waals surface area contributed by atoms with Crippen LogP contribution in [0.3, 0.4) is 0 Å². The van der Waals surface area contributed by atoms with Gasteiger partial charge >= 0.3 is 6.03 Å². The van der Waals surface area contributed by atoms with Crippen molar-refractivity contribution >= 4 is 34.6 Å². The highest BCUT2D eigenvalue weighted by Crippen LogP contribution is 2.29. The number of hydrogen-bond acceptors (Lipinski definition) is 3. The molecular weight excluding hydrogens is 358 g/mol. The van der Waals surface area contributed by atoms with E-state index in [0.717, 1.165) is 11.1 Å². The van der Waals surface area contributed by atoms with Gasteiger partial charge in [-0.05, 0) is 55.1 Å². The van der Waals surface area contributed by atoms with Gasteiger partial charge in [-0.15, -0.1) is 11.3 Å². The third-order valence-corrected chi connectivity index (χ3v) is 4.69. The summed E-state index contributed by atoms with van der Waals surface area (Å²) in [4.78, 5) is 25.1. The summed E-state index contributed by atoms with van der Waals surface area (Å²) in [7, 11) is 0. The molecule has 1 heterocycles. The molecule has 0 aliphatic rings. The van der Waals surface area contributed by atoms with E-state index >= 15 is 0 Å². The zero-order valence-corrected chi connectivity index (χ0v) is 16.0. The van der Waals surface area contributed by atoms with Crippen molar-refractivity contribution in [2.45, 2.75) is 19.9 Å². The molecule has 6 heteroatoms. The Morgan fingerprint density at radius 1 is 0.852 bits per heavy atom. The van der Waals surface area contributed by atoms with Crippen LogP contribution in [0.15, 0.2) is 66.0 Å². The average Bonchev–Trinajstić information content (AvgIpc) is 3.13. The minimum atomic E-state index is -0.257. The van der Waals surface area contributed by atoms with Gasteiger partial charge in [0.2, 0.25) is 0 Å². The lowest BCUT2D eigenvalue weighted by atomic mass is 10.1. The maximum Gasteiger partial charge on any atom is 0.319 e. The number of urea groups is 1. The summed E-state index contributed by atoms with van der Waals surface area (Å²) in [6, 6.07) is 18.6. The van der Waals surface area contributed by atoms with E-state index in [2.05, 4.69) is 16.0 Å². The molecule has 5 nitrogen and oxygen atoms in total. The van der Waals surface area contributed by atoms with Crippen molar-refractivity contribution in [2.24, 2.45) is 0 Å². The first kappa shape index (κ1) is 18.7. The largest absolute Gasteiger partial charge is 0.336 e. The van der Waals surface area contributed by atoms with Crippen molar-refractivity contribution < 1.29 is 9.59 Å². The Kier molecular flexibility index (Phi) is 5.88. The molecule has 0 fully saturated rings. The number of thiophene rings is 1. The number of carbonyl (C=O) groups is 2. The number of benzene rings is 2. The lowest BCUT2D eigenvalue weighted by Crippen LogP contribution is -2.34. The maximum atomic E-state index is 12.7. The van der Waals surface area contributed by atoms with Crippen LogP contribution >= 0.6 is 11.3 Å². The molecule has 2 aromatic carbocycles. The Morgan fingerprint density at radius 2 is 1.48 bits per heavy atom. The highest BCUT2D eigenvalue weighted by atomic mass is 32.1. The fraction of sp³-hybridized carbons (Fsp3) is 0.143. The first-order chi connectivity index (χ1) is 13.0. The van der Waals surface area contributed by atoms with E-state index in [1.54, 1.807) is 24.3 Å². The molecule has 0 saturated heterocycles. The topological polar surface area (TPSA) is 70.2 Å². The van der Waals surface area contributed by atoms with Gasteiger partial charge < -0.3 is 16.0 Å². The molecule has 0 spiro atoms. The minimum absolute atomic E-state index is 0.0631. The highest BCUT2D eigenvalue weighted by molar-refractivity contribution is 7.12. The number of rotatable bonds is 5. The molecule has 0 aliphatic carbocycles. The van der Waals surface area contributed by atoms with E-state index in [1.165, 1.54) is 11.3 Å². The molecule has 0 bridgehead atoms. The SMILES string of the molecule is CC(C)NC(=O)Nc1ccc(NC(=O)c2sccc2-c2ccccc2)cc1. The fourth-order valence-corrected chi connectivity index (χ4v) is 3.40. The molecule has 0 radical (unpaired) electrons. The second-order valence-corrected chi connectivity index (χ2v) is 7.23. The Morgan fingerprint density at radius 3 is 2.11 bits per heavy atom. The summed E-state index contributed by atoms with van der Waals surface area (Å²) in [6.07, 6.45) is 0. The van der Waals surface area contributed by atoms with Crippen LogP contribution in [0, 0.1) is 0 Å². The van der Waals surface area contributed by atoms with E-state index in [1.807, 2.05) is 55.6 Å². The van der Waals surface area contributed by atoms with Crippen LogP contribution < -0.4 is 16.0 Å². The van der Waals surface area contributed by atoms with E-state index in [0.29, 0.717) is 16.3 Å². The van der Waals surface area contributed by atoms with Crippen molar-refractivity contribution in [1.82, 2.24) is 5.32 Å². The maximum absolute atomic E-state index is 12.7. The van der Waals surface area contributed by atoms with Crippen molar-refractivity contribution in [1.29, 1.82) is 0 Å². The molecule has 0 unspecified atom stereocenters. The lowest BCUT2D eigenvalue weighted by Gasteiger charge is -2.11. The van der Waals surface area contributed by atoms with E-state index in [4.69, 9.17) is 0 Å². The molecule has 3 N–H and O–H groups in total. The van der Waals surface area contributed by atoms with Gasteiger partial charge in [0.05, 0.1) is 4.88 Å². The molecule has 1 aromatic heterocycles. The van der Waals surface area contributed by atoms with Crippen molar-refractivity contribution in [3.63, 3.8) is 0 Å². The monoisotopic (exact) mass is 379 g/mol. The quantitative estimate of drug-likeness (QED) is 0.570. The summed E-state index contributed by atoms with van der Waals surface area (Å²) in [6.45, 7) is 3.79. The Labute approximate surface area is 162 Å². The van der Waals surface area contributed by atoms with Gasteiger partial charge in [-0.1, -0.05) is 30.3 Å². The van der Waals surface area contributed by atoms with Gasteiger partial charge in [0.15, 0.2) is 0 Å². The number of hydrogen-bond donors (Lipinski definition) is 3. The number of carbonyl (C=O) groups excluding carboxylic acids is 2. The summed E-state index contributed by atoms with van der Waals surface area (Å²) in [5.41, 5.74) is 3.26. The molecule has 138 valence electrons. The van der Waals surface area contributed by atoms with Crippen LogP contribution in [0.5, 0.6) is 0 Å². The molecule has 0 saturated carbocycles. The van der Waals surface area contributed by atoms with Gasteiger partial charge in [0, 0.05) is 23.0 Å². The summed E-state index contributed by atoms with van der Waals surface area (Å²) >= 11 is 1.41. The van der Waals surface area contributed by atoms with Crippen LogP contribution in [-0.2, 0) is 0 Å². The Bertz CT molecular complexity index is 918. The van der Waals surface area contributed by atoms with Gasteiger partial charge in [0.25, 0.3) is 5.91 Å².